The van der Waals surface area contributed by atoms with Gasteiger partial charge in [0, 0.05) is 20.0 Å². The Morgan fingerprint density at radius 2 is 1.90 bits per heavy atom. The molecule has 31 heavy (non-hydrogen) atoms. The van der Waals surface area contributed by atoms with Crippen molar-refractivity contribution in [3.05, 3.63) is 34.8 Å². The Morgan fingerprint density at radius 3 is 2.65 bits per heavy atom. The van der Waals surface area contributed by atoms with Crippen LogP contribution in [0.1, 0.15) is 22.3 Å². The van der Waals surface area contributed by atoms with Crippen molar-refractivity contribution in [2.75, 3.05) is 42.6 Å². The number of ether oxygens (including phenoxy) is 2. The van der Waals surface area contributed by atoms with E-state index in [0.29, 0.717) is 35.2 Å². The molecule has 10 nitrogen and oxygen atoms in total. The number of morpholine rings is 1. The maximum Gasteiger partial charge on any atom is 0.281 e. The zero-order valence-electron chi connectivity index (χ0n) is 17.2. The number of para-hydroxylation sites is 2. The zero-order chi connectivity index (χ0) is 22.0. The predicted molar refractivity (Wildman–Crippen MR) is 114 cm³/mol. The molecular weight excluding hydrogens is 422 g/mol. The van der Waals surface area contributed by atoms with Gasteiger partial charge in [-0.05, 0) is 19.1 Å². The van der Waals surface area contributed by atoms with Crippen molar-refractivity contribution in [1.29, 1.82) is 0 Å². The Bertz CT molecular complexity index is 1000. The molecule has 11 heteroatoms. The van der Waals surface area contributed by atoms with Crippen LogP contribution in [0.5, 0.6) is 5.75 Å². The summed E-state index contributed by atoms with van der Waals surface area (Å²) in [6, 6.07) is 7.00. The first kappa shape index (κ1) is 21.1. The number of benzene rings is 1. The second-order valence-electron chi connectivity index (χ2n) is 7.16. The van der Waals surface area contributed by atoms with Crippen LogP contribution in [-0.4, -0.2) is 61.7 Å². The molecule has 0 saturated carbocycles. The number of fused-ring (bicyclic) bond motifs is 1. The van der Waals surface area contributed by atoms with Crippen molar-refractivity contribution in [2.24, 2.45) is 0 Å². The predicted octanol–water partition coefficient (Wildman–Crippen LogP) is 0.863. The fraction of sp³-hybridized carbons (Fsp3) is 0.400. The summed E-state index contributed by atoms with van der Waals surface area (Å²) in [5.74, 6) is -0.774. The highest BCUT2D eigenvalue weighted by atomic mass is 32.1. The monoisotopic (exact) mass is 445 g/mol. The summed E-state index contributed by atoms with van der Waals surface area (Å²) in [5, 5.41) is 0.751. The summed E-state index contributed by atoms with van der Waals surface area (Å²) in [4.78, 5) is 45.7. The Labute approximate surface area is 183 Å². The maximum atomic E-state index is 12.6. The molecular formula is C20H23N5O5S. The molecule has 3 amide bonds. The largest absolute Gasteiger partial charge is 0.476 e. The summed E-state index contributed by atoms with van der Waals surface area (Å²) in [7, 11) is 0. The van der Waals surface area contributed by atoms with E-state index in [1.807, 2.05) is 0 Å². The van der Waals surface area contributed by atoms with Crippen molar-refractivity contribution in [3.63, 3.8) is 0 Å². The van der Waals surface area contributed by atoms with Crippen LogP contribution in [-0.2, 0) is 14.3 Å². The number of aryl methyl sites for hydroxylation is 1. The highest BCUT2D eigenvalue weighted by molar-refractivity contribution is 7.17. The van der Waals surface area contributed by atoms with Gasteiger partial charge in [-0.3, -0.25) is 25.2 Å². The Hall–Kier alpha value is -3.18. The Morgan fingerprint density at radius 1 is 1.16 bits per heavy atom. The Kier molecular flexibility index (Phi) is 6.05. The summed E-state index contributed by atoms with van der Waals surface area (Å²) in [6.07, 6.45) is -0.953. The third-order valence-corrected chi connectivity index (χ3v) is 6.24. The number of carbonyl (C=O) groups is 3. The minimum atomic E-state index is -0.953. The molecule has 0 radical (unpaired) electrons. The number of aromatic nitrogens is 1. The van der Waals surface area contributed by atoms with Crippen LogP contribution in [0.4, 0.5) is 10.8 Å². The van der Waals surface area contributed by atoms with Gasteiger partial charge >= 0.3 is 0 Å². The van der Waals surface area contributed by atoms with Crippen molar-refractivity contribution in [3.8, 4) is 5.75 Å². The maximum absolute atomic E-state index is 12.6. The molecule has 1 aromatic heterocycles. The summed E-state index contributed by atoms with van der Waals surface area (Å²) in [5.41, 5.74) is 6.02. The van der Waals surface area contributed by atoms with Gasteiger partial charge in [-0.2, -0.15) is 0 Å². The lowest BCUT2D eigenvalue weighted by Gasteiger charge is -2.33. The first-order valence-corrected chi connectivity index (χ1v) is 10.7. The number of nitrogens with one attached hydrogen (secondary N) is 2. The fourth-order valence-corrected chi connectivity index (χ4v) is 4.42. The molecule has 4 rings (SSSR count). The van der Waals surface area contributed by atoms with E-state index in [1.165, 1.54) is 23.2 Å². The SMILES string of the molecule is CC(=O)N1CC(C(=O)NNC(=O)c2sc(N3CCOCC3)nc2C)Oc2ccccc21. The van der Waals surface area contributed by atoms with Crippen LogP contribution < -0.4 is 25.4 Å². The minimum Gasteiger partial charge on any atom is -0.476 e. The number of amides is 3. The van der Waals surface area contributed by atoms with Gasteiger partial charge in [-0.1, -0.05) is 23.5 Å². The summed E-state index contributed by atoms with van der Waals surface area (Å²) < 4.78 is 11.1. The van der Waals surface area contributed by atoms with Crippen molar-refractivity contribution < 1.29 is 23.9 Å². The highest BCUT2D eigenvalue weighted by Gasteiger charge is 2.33. The van der Waals surface area contributed by atoms with E-state index >= 15 is 0 Å². The van der Waals surface area contributed by atoms with E-state index in [0.717, 1.165) is 18.2 Å². The Balaban J connectivity index is 1.39. The molecule has 0 spiro atoms. The van der Waals surface area contributed by atoms with Crippen LogP contribution >= 0.6 is 11.3 Å². The van der Waals surface area contributed by atoms with Crippen LogP contribution in [0.2, 0.25) is 0 Å². The molecule has 0 bridgehead atoms. The molecule has 2 aliphatic rings. The lowest BCUT2D eigenvalue weighted by atomic mass is 10.2. The summed E-state index contributed by atoms with van der Waals surface area (Å²) >= 11 is 1.27. The number of anilines is 2. The third-order valence-electron chi connectivity index (χ3n) is 5.02. The minimum absolute atomic E-state index is 0.0504. The van der Waals surface area contributed by atoms with Crippen LogP contribution in [0.25, 0.3) is 0 Å². The van der Waals surface area contributed by atoms with Crippen LogP contribution in [0.3, 0.4) is 0 Å². The van der Waals surface area contributed by atoms with Crippen molar-refractivity contribution in [1.82, 2.24) is 15.8 Å². The molecule has 1 aromatic carbocycles. The molecule has 2 aromatic rings. The first-order valence-electron chi connectivity index (χ1n) is 9.88. The van der Waals surface area contributed by atoms with Gasteiger partial charge in [0.05, 0.1) is 31.1 Å². The molecule has 2 N–H and O–H groups in total. The van der Waals surface area contributed by atoms with Gasteiger partial charge in [0.1, 0.15) is 10.6 Å². The molecule has 1 unspecified atom stereocenters. The van der Waals surface area contributed by atoms with E-state index in [4.69, 9.17) is 9.47 Å². The highest BCUT2D eigenvalue weighted by Crippen LogP contribution is 2.33. The van der Waals surface area contributed by atoms with Gasteiger partial charge < -0.3 is 19.3 Å². The van der Waals surface area contributed by atoms with Crippen LogP contribution in [0.15, 0.2) is 24.3 Å². The van der Waals surface area contributed by atoms with Gasteiger partial charge in [-0.25, -0.2) is 4.98 Å². The number of hydrazine groups is 1. The standard InChI is InChI=1S/C20H23N5O5S/c1-12-17(31-20(21-12)24-7-9-29-10-8-24)19(28)23-22-18(27)16-11-25(13(2)26)14-5-3-4-6-15(14)30-16/h3-6,16H,7-11H2,1-2H3,(H,22,27)(H,23,28). The average Bonchev–Trinajstić information content (AvgIpc) is 3.18. The lowest BCUT2D eigenvalue weighted by molar-refractivity contribution is -0.129. The third kappa shape index (κ3) is 4.47. The molecule has 2 aliphatic heterocycles. The van der Waals surface area contributed by atoms with Gasteiger partial charge in [0.25, 0.3) is 11.8 Å². The van der Waals surface area contributed by atoms with Gasteiger partial charge in [0.2, 0.25) is 5.91 Å². The van der Waals surface area contributed by atoms with Gasteiger partial charge in [-0.15, -0.1) is 0 Å². The second kappa shape index (κ2) is 8.90. The fourth-order valence-electron chi connectivity index (χ4n) is 3.41. The normalized spacial score (nSPS) is 18.1. The molecule has 1 saturated heterocycles. The first-order chi connectivity index (χ1) is 14.9. The summed E-state index contributed by atoms with van der Waals surface area (Å²) in [6.45, 7) is 5.92. The van der Waals surface area contributed by atoms with Crippen molar-refractivity contribution >= 4 is 39.9 Å². The van der Waals surface area contributed by atoms with E-state index in [-0.39, 0.29) is 12.5 Å². The van der Waals surface area contributed by atoms with E-state index in [1.54, 1.807) is 31.2 Å². The second-order valence-corrected chi connectivity index (χ2v) is 8.14. The molecule has 1 atom stereocenters. The smallest absolute Gasteiger partial charge is 0.281 e. The van der Waals surface area contributed by atoms with Gasteiger partial charge in [0.15, 0.2) is 11.2 Å². The van der Waals surface area contributed by atoms with E-state index in [2.05, 4.69) is 20.7 Å². The number of nitrogens with zero attached hydrogens (tertiary/aromatic N) is 3. The average molecular weight is 446 g/mol. The molecule has 164 valence electrons. The van der Waals surface area contributed by atoms with Crippen LogP contribution in [0, 0.1) is 6.92 Å². The van der Waals surface area contributed by atoms with E-state index < -0.39 is 17.9 Å². The number of carbonyl (C=O) groups excluding carboxylic acids is 3. The topological polar surface area (TPSA) is 113 Å². The molecule has 3 heterocycles. The number of hydrogen-bond donors (Lipinski definition) is 2. The molecule has 1 fully saturated rings. The quantitative estimate of drug-likeness (QED) is 0.674. The molecule has 0 aliphatic carbocycles. The zero-order valence-corrected chi connectivity index (χ0v) is 18.0. The number of hydrogen-bond acceptors (Lipinski definition) is 8. The number of thiazole rings is 1. The van der Waals surface area contributed by atoms with E-state index in [9.17, 15) is 14.4 Å². The van der Waals surface area contributed by atoms with Crippen molar-refractivity contribution in [2.45, 2.75) is 20.0 Å². The lowest BCUT2D eigenvalue weighted by Crippen LogP contribution is -2.54. The number of rotatable bonds is 3.